The number of halogens is 3. The maximum atomic E-state index is 12.6. The fourth-order valence-corrected chi connectivity index (χ4v) is 4.03. The predicted octanol–water partition coefficient (Wildman–Crippen LogP) is 5.59. The minimum Gasteiger partial charge on any atom is -0.325 e. The van der Waals surface area contributed by atoms with Gasteiger partial charge in [-0.05, 0) is 42.3 Å². The van der Waals surface area contributed by atoms with E-state index in [1.165, 1.54) is 0 Å². The Hall–Kier alpha value is -2.54. The molecule has 4 rings (SSSR count). The maximum absolute atomic E-state index is 12.6. The summed E-state index contributed by atoms with van der Waals surface area (Å²) in [5.41, 5.74) is 3.00. The van der Waals surface area contributed by atoms with Crippen molar-refractivity contribution < 1.29 is 9.59 Å². The second-order valence-corrected chi connectivity index (χ2v) is 8.14. The molecule has 1 atom stereocenters. The Labute approximate surface area is 188 Å². The molecule has 0 radical (unpaired) electrons. The molecule has 0 spiro atoms. The van der Waals surface area contributed by atoms with Gasteiger partial charge in [0.15, 0.2) is 0 Å². The van der Waals surface area contributed by atoms with Crippen LogP contribution in [0.15, 0.2) is 42.5 Å². The molecule has 3 aromatic rings. The van der Waals surface area contributed by atoms with E-state index < -0.39 is 6.04 Å². The van der Waals surface area contributed by atoms with E-state index in [2.05, 4.69) is 15.7 Å². The second-order valence-electron chi connectivity index (χ2n) is 6.86. The van der Waals surface area contributed by atoms with Crippen molar-refractivity contribution in [3.63, 3.8) is 0 Å². The van der Waals surface area contributed by atoms with E-state index in [4.69, 9.17) is 34.8 Å². The Morgan fingerprint density at radius 2 is 1.83 bits per heavy atom. The van der Waals surface area contributed by atoms with Crippen LogP contribution in [0.3, 0.4) is 0 Å². The smallest absolute Gasteiger partial charge is 0.251 e. The van der Waals surface area contributed by atoms with Gasteiger partial charge in [-0.2, -0.15) is 5.10 Å². The lowest BCUT2D eigenvalue weighted by Crippen LogP contribution is -2.24. The maximum Gasteiger partial charge on any atom is 0.251 e. The number of carbonyl (C=O) groups excluding carboxylic acids is 2. The average Bonchev–Trinajstić information content (AvgIpc) is 3.20. The second kappa shape index (κ2) is 8.30. The van der Waals surface area contributed by atoms with E-state index in [9.17, 15) is 9.59 Å². The molecule has 2 N–H and O–H groups in total. The molecule has 2 amide bonds. The molecule has 2 aromatic carbocycles. The number of amides is 2. The third kappa shape index (κ3) is 3.90. The number of nitrogens with zero attached hydrogens (tertiary/aromatic N) is 2. The monoisotopic (exact) mass is 462 g/mol. The van der Waals surface area contributed by atoms with Crippen LogP contribution in [0.4, 0.5) is 11.5 Å². The highest BCUT2D eigenvalue weighted by Gasteiger charge is 2.36. The molecule has 2 heterocycles. The van der Waals surface area contributed by atoms with E-state index >= 15 is 0 Å². The molecule has 0 saturated carbocycles. The molecule has 0 saturated heterocycles. The number of aromatic nitrogens is 2. The number of carbonyl (C=O) groups is 2. The summed E-state index contributed by atoms with van der Waals surface area (Å²) in [5.74, 6) is -0.0527. The molecule has 1 aromatic heterocycles. The first-order chi connectivity index (χ1) is 14.4. The van der Waals surface area contributed by atoms with Gasteiger partial charge in [-0.1, -0.05) is 53.9 Å². The zero-order chi connectivity index (χ0) is 21.4. The molecular weight excluding hydrogens is 447 g/mol. The minimum absolute atomic E-state index is 0.0807. The molecule has 0 fully saturated rings. The van der Waals surface area contributed by atoms with Crippen LogP contribution in [0.25, 0.3) is 11.1 Å². The summed E-state index contributed by atoms with van der Waals surface area (Å²) in [7, 11) is 0. The van der Waals surface area contributed by atoms with E-state index in [0.717, 1.165) is 16.8 Å². The van der Waals surface area contributed by atoms with Gasteiger partial charge in [0.1, 0.15) is 11.9 Å². The van der Waals surface area contributed by atoms with Gasteiger partial charge >= 0.3 is 0 Å². The quantitative estimate of drug-likeness (QED) is 0.517. The van der Waals surface area contributed by atoms with Crippen LogP contribution in [-0.2, 0) is 16.0 Å². The molecule has 154 valence electrons. The summed E-state index contributed by atoms with van der Waals surface area (Å²) in [5, 5.41) is 11.6. The zero-order valence-corrected chi connectivity index (χ0v) is 18.1. The van der Waals surface area contributed by atoms with E-state index in [1.807, 2.05) is 19.1 Å². The van der Waals surface area contributed by atoms with Crippen LogP contribution in [0.5, 0.6) is 0 Å². The van der Waals surface area contributed by atoms with Crippen molar-refractivity contribution in [3.05, 3.63) is 63.2 Å². The fraction of sp³-hybridized carbons (Fsp3) is 0.190. The van der Waals surface area contributed by atoms with Crippen LogP contribution in [0.2, 0.25) is 15.1 Å². The van der Waals surface area contributed by atoms with Crippen LogP contribution < -0.4 is 10.6 Å². The number of fused-ring (bicyclic) bond motifs is 1. The first-order valence-corrected chi connectivity index (χ1v) is 10.4. The highest BCUT2D eigenvalue weighted by atomic mass is 35.5. The number of nitrogens with one attached hydrogen (secondary N) is 2. The Morgan fingerprint density at radius 1 is 1.13 bits per heavy atom. The number of benzene rings is 2. The van der Waals surface area contributed by atoms with Crippen LogP contribution >= 0.6 is 34.8 Å². The molecule has 1 aliphatic heterocycles. The first-order valence-electron chi connectivity index (χ1n) is 9.30. The lowest BCUT2D eigenvalue weighted by molar-refractivity contribution is -0.123. The summed E-state index contributed by atoms with van der Waals surface area (Å²) >= 11 is 18.0. The molecule has 1 unspecified atom stereocenters. The summed E-state index contributed by atoms with van der Waals surface area (Å²) in [6, 6.07) is 11.4. The van der Waals surface area contributed by atoms with E-state index in [0.29, 0.717) is 33.0 Å². The Morgan fingerprint density at radius 3 is 2.50 bits per heavy atom. The van der Waals surface area contributed by atoms with Gasteiger partial charge in [0.25, 0.3) is 5.91 Å². The average molecular weight is 464 g/mol. The lowest BCUT2D eigenvalue weighted by atomic mass is 10.0. The van der Waals surface area contributed by atoms with Crippen LogP contribution in [0.1, 0.15) is 25.1 Å². The third-order valence-electron chi connectivity index (χ3n) is 4.87. The number of aryl methyl sites for hydroxylation is 1. The van der Waals surface area contributed by atoms with Gasteiger partial charge in [0, 0.05) is 15.6 Å². The van der Waals surface area contributed by atoms with Crippen molar-refractivity contribution in [3.8, 4) is 11.1 Å². The molecule has 0 bridgehead atoms. The molecule has 30 heavy (non-hydrogen) atoms. The van der Waals surface area contributed by atoms with E-state index in [1.54, 1.807) is 35.0 Å². The van der Waals surface area contributed by atoms with Crippen molar-refractivity contribution in [1.82, 2.24) is 9.78 Å². The Balaban J connectivity index is 1.61. The lowest BCUT2D eigenvalue weighted by Gasteiger charge is -2.11. The standard InChI is InChI=1S/C21H17Cl3N4O2/c1-2-15-19(11-3-5-12(22)6-4-11)20-26-21(30)17(28(20)27-15)10-18(29)25-16-8-7-13(23)9-14(16)24/h3-9,17H,2,10H2,1H3,(H,25,29)(H,26,30). The SMILES string of the molecule is CCc1nn2c(c1-c1ccc(Cl)cc1)NC(=O)C2CC(=O)Nc1ccc(Cl)cc1Cl. The Kier molecular flexibility index (Phi) is 5.73. The van der Waals surface area contributed by atoms with Gasteiger partial charge in [0.05, 0.1) is 22.8 Å². The number of rotatable bonds is 5. The number of anilines is 2. The zero-order valence-electron chi connectivity index (χ0n) is 15.9. The summed E-state index contributed by atoms with van der Waals surface area (Å²) in [6.07, 6.45) is 0.593. The van der Waals surface area contributed by atoms with Gasteiger partial charge in [0.2, 0.25) is 5.91 Å². The number of hydrogen-bond acceptors (Lipinski definition) is 3. The largest absolute Gasteiger partial charge is 0.325 e. The van der Waals surface area contributed by atoms with Gasteiger partial charge in [-0.25, -0.2) is 4.68 Å². The number of hydrogen-bond donors (Lipinski definition) is 2. The topological polar surface area (TPSA) is 76.0 Å². The summed E-state index contributed by atoms with van der Waals surface area (Å²) in [4.78, 5) is 25.2. The van der Waals surface area contributed by atoms with Crippen molar-refractivity contribution in [2.75, 3.05) is 10.6 Å². The first kappa shape index (κ1) is 20.7. The van der Waals surface area contributed by atoms with Gasteiger partial charge in [-0.15, -0.1) is 0 Å². The van der Waals surface area contributed by atoms with Crippen LogP contribution in [-0.4, -0.2) is 21.6 Å². The van der Waals surface area contributed by atoms with Crippen molar-refractivity contribution in [2.45, 2.75) is 25.8 Å². The highest BCUT2D eigenvalue weighted by molar-refractivity contribution is 6.36. The molecule has 6 nitrogen and oxygen atoms in total. The highest BCUT2D eigenvalue weighted by Crippen LogP contribution is 2.39. The normalized spacial score (nSPS) is 15.1. The Bertz CT molecular complexity index is 1140. The predicted molar refractivity (Wildman–Crippen MR) is 119 cm³/mol. The minimum atomic E-state index is -0.752. The van der Waals surface area contributed by atoms with Crippen molar-refractivity contribution >= 4 is 58.1 Å². The fourth-order valence-electron chi connectivity index (χ4n) is 3.45. The molecular formula is C21H17Cl3N4O2. The van der Waals surface area contributed by atoms with Crippen LogP contribution in [0, 0.1) is 0 Å². The van der Waals surface area contributed by atoms with Crippen molar-refractivity contribution in [2.24, 2.45) is 0 Å². The summed E-state index contributed by atoms with van der Waals surface area (Å²) in [6.45, 7) is 1.99. The molecule has 0 aliphatic carbocycles. The van der Waals surface area contributed by atoms with Crippen molar-refractivity contribution in [1.29, 1.82) is 0 Å². The van der Waals surface area contributed by atoms with Gasteiger partial charge < -0.3 is 10.6 Å². The third-order valence-corrected chi connectivity index (χ3v) is 5.67. The molecule has 1 aliphatic rings. The van der Waals surface area contributed by atoms with Gasteiger partial charge in [-0.3, -0.25) is 9.59 Å². The summed E-state index contributed by atoms with van der Waals surface area (Å²) < 4.78 is 1.59. The van der Waals surface area contributed by atoms with E-state index in [-0.39, 0.29) is 18.2 Å². The molecule has 9 heteroatoms.